The number of hydrogen-bond acceptors (Lipinski definition) is 2. The summed E-state index contributed by atoms with van der Waals surface area (Å²) in [5.41, 5.74) is 1.60. The van der Waals surface area contributed by atoms with E-state index >= 15 is 0 Å². The number of aromatic nitrogens is 1. The van der Waals surface area contributed by atoms with Crippen LogP contribution in [0, 0.1) is 6.92 Å². The number of carbonyl (C=O) groups excluding carboxylic acids is 1. The van der Waals surface area contributed by atoms with Gasteiger partial charge >= 0.3 is 0 Å². The number of nitrogens with zero attached hydrogens (tertiary/aromatic N) is 1. The summed E-state index contributed by atoms with van der Waals surface area (Å²) in [5, 5.41) is 4.02. The molecule has 0 radical (unpaired) electrons. The Morgan fingerprint density at radius 2 is 2.11 bits per heavy atom. The molecule has 0 saturated heterocycles. The number of amides is 1. The molecule has 2 rings (SSSR count). The second-order valence-electron chi connectivity index (χ2n) is 5.18. The predicted molar refractivity (Wildman–Crippen MR) is 76.1 cm³/mol. The fraction of sp³-hybridized carbons (Fsp3) is 0.571. The van der Waals surface area contributed by atoms with Gasteiger partial charge in [-0.2, -0.15) is 0 Å². The van der Waals surface area contributed by atoms with Crippen molar-refractivity contribution in [3.63, 3.8) is 0 Å². The number of alkyl halides is 1. The van der Waals surface area contributed by atoms with Gasteiger partial charge in [0.15, 0.2) is 0 Å². The Morgan fingerprint density at radius 1 is 1.39 bits per heavy atom. The van der Waals surface area contributed by atoms with Gasteiger partial charge < -0.3 is 5.32 Å². The van der Waals surface area contributed by atoms with Crippen molar-refractivity contribution in [1.29, 1.82) is 0 Å². The average Bonchev–Trinajstić information content (AvgIpc) is 2.40. The maximum Gasteiger partial charge on any atom is 0.253 e. The van der Waals surface area contributed by atoms with E-state index in [1.807, 2.05) is 13.0 Å². The molecule has 1 amide bonds. The number of hydrogen-bond donors (Lipinski definition) is 1. The molecule has 1 saturated carbocycles. The van der Waals surface area contributed by atoms with Crippen molar-refractivity contribution in [2.45, 2.75) is 44.6 Å². The Morgan fingerprint density at radius 3 is 2.72 bits per heavy atom. The Kier molecular flexibility index (Phi) is 4.38. The third kappa shape index (κ3) is 3.10. The van der Waals surface area contributed by atoms with Crippen molar-refractivity contribution in [3.05, 3.63) is 29.6 Å². The number of pyridine rings is 1. The van der Waals surface area contributed by atoms with Gasteiger partial charge in [0.25, 0.3) is 5.91 Å². The minimum absolute atomic E-state index is 0.00690. The normalized spacial score (nSPS) is 18.3. The summed E-state index contributed by atoms with van der Waals surface area (Å²) < 4.78 is 0. The molecule has 4 heteroatoms. The summed E-state index contributed by atoms with van der Waals surface area (Å²) in [7, 11) is 0. The van der Waals surface area contributed by atoms with Gasteiger partial charge in [-0.05, 0) is 31.4 Å². The van der Waals surface area contributed by atoms with Crippen molar-refractivity contribution >= 4 is 21.8 Å². The number of halogens is 1. The molecular weight excluding hydrogens is 292 g/mol. The topological polar surface area (TPSA) is 42.0 Å². The van der Waals surface area contributed by atoms with Crippen LogP contribution < -0.4 is 5.32 Å². The van der Waals surface area contributed by atoms with E-state index in [-0.39, 0.29) is 11.4 Å². The van der Waals surface area contributed by atoms with Crippen LogP contribution in [0.4, 0.5) is 0 Å². The molecule has 0 atom stereocenters. The zero-order chi connectivity index (χ0) is 13.0. The molecule has 1 heterocycles. The highest BCUT2D eigenvalue weighted by atomic mass is 79.9. The lowest BCUT2D eigenvalue weighted by Crippen LogP contribution is -2.51. The van der Waals surface area contributed by atoms with Crippen molar-refractivity contribution in [2.24, 2.45) is 0 Å². The van der Waals surface area contributed by atoms with Crippen molar-refractivity contribution in [2.75, 3.05) is 5.33 Å². The summed E-state index contributed by atoms with van der Waals surface area (Å²) in [5.74, 6) is -0.00690. The quantitative estimate of drug-likeness (QED) is 0.871. The first-order chi connectivity index (χ1) is 8.65. The molecule has 1 aliphatic carbocycles. The molecule has 1 fully saturated rings. The molecular formula is C14H19BrN2O. The highest BCUT2D eigenvalue weighted by Gasteiger charge is 2.32. The molecule has 98 valence electrons. The van der Waals surface area contributed by atoms with Gasteiger partial charge in [0.2, 0.25) is 0 Å². The minimum Gasteiger partial charge on any atom is -0.346 e. The molecule has 0 aliphatic heterocycles. The maximum atomic E-state index is 12.3. The van der Waals surface area contributed by atoms with Gasteiger partial charge in [-0.25, -0.2) is 0 Å². The molecule has 0 spiro atoms. The molecule has 3 nitrogen and oxygen atoms in total. The SMILES string of the molecule is Cc1cncc(C(=O)NC2(CBr)CCCCC2)c1. The molecule has 1 aromatic rings. The van der Waals surface area contributed by atoms with Crippen LogP contribution in [0.3, 0.4) is 0 Å². The van der Waals surface area contributed by atoms with E-state index < -0.39 is 0 Å². The minimum atomic E-state index is -0.0704. The lowest BCUT2D eigenvalue weighted by atomic mass is 9.83. The highest BCUT2D eigenvalue weighted by molar-refractivity contribution is 9.09. The zero-order valence-electron chi connectivity index (χ0n) is 10.7. The van der Waals surface area contributed by atoms with Crippen LogP contribution in [0.5, 0.6) is 0 Å². The van der Waals surface area contributed by atoms with Gasteiger partial charge in [0, 0.05) is 17.7 Å². The third-order valence-electron chi connectivity index (χ3n) is 3.58. The first kappa shape index (κ1) is 13.5. The summed E-state index contributed by atoms with van der Waals surface area (Å²) in [6, 6.07) is 1.88. The van der Waals surface area contributed by atoms with Crippen LogP contribution in [-0.4, -0.2) is 21.8 Å². The summed E-state index contributed by atoms with van der Waals surface area (Å²) in [4.78, 5) is 16.3. The number of carbonyl (C=O) groups is 1. The second-order valence-corrected chi connectivity index (χ2v) is 5.74. The van der Waals surface area contributed by atoms with Crippen LogP contribution in [0.2, 0.25) is 0 Å². The molecule has 0 unspecified atom stereocenters. The lowest BCUT2D eigenvalue weighted by Gasteiger charge is -2.36. The molecule has 1 N–H and O–H groups in total. The van der Waals surface area contributed by atoms with Crippen molar-refractivity contribution in [3.8, 4) is 0 Å². The van der Waals surface area contributed by atoms with Gasteiger partial charge in [-0.3, -0.25) is 9.78 Å². The Balaban J connectivity index is 2.10. The van der Waals surface area contributed by atoms with E-state index in [0.29, 0.717) is 5.56 Å². The fourth-order valence-corrected chi connectivity index (χ4v) is 3.21. The fourth-order valence-electron chi connectivity index (χ4n) is 2.51. The van der Waals surface area contributed by atoms with Gasteiger partial charge in [-0.1, -0.05) is 35.2 Å². The highest BCUT2D eigenvalue weighted by Crippen LogP contribution is 2.30. The Hall–Kier alpha value is -0.900. The first-order valence-electron chi connectivity index (χ1n) is 6.45. The molecule has 0 aromatic carbocycles. The van der Waals surface area contributed by atoms with E-state index in [0.717, 1.165) is 23.7 Å². The van der Waals surface area contributed by atoms with Crippen molar-refractivity contribution < 1.29 is 4.79 Å². The molecule has 1 aliphatic rings. The third-order valence-corrected chi connectivity index (χ3v) is 4.66. The smallest absolute Gasteiger partial charge is 0.253 e. The Labute approximate surface area is 117 Å². The average molecular weight is 311 g/mol. The largest absolute Gasteiger partial charge is 0.346 e. The first-order valence-corrected chi connectivity index (χ1v) is 7.57. The summed E-state index contributed by atoms with van der Waals surface area (Å²) >= 11 is 3.55. The van der Waals surface area contributed by atoms with E-state index in [9.17, 15) is 4.79 Å². The van der Waals surface area contributed by atoms with Crippen LogP contribution >= 0.6 is 15.9 Å². The zero-order valence-corrected chi connectivity index (χ0v) is 12.3. The molecule has 0 bridgehead atoms. The monoisotopic (exact) mass is 310 g/mol. The van der Waals surface area contributed by atoms with Crippen molar-refractivity contribution in [1.82, 2.24) is 10.3 Å². The second kappa shape index (κ2) is 5.83. The summed E-state index contributed by atoms with van der Waals surface area (Å²) in [6.45, 7) is 1.95. The van der Waals surface area contributed by atoms with E-state index in [2.05, 4.69) is 26.2 Å². The van der Waals surface area contributed by atoms with Crippen LogP contribution in [0.15, 0.2) is 18.5 Å². The summed E-state index contributed by atoms with van der Waals surface area (Å²) in [6.07, 6.45) is 9.17. The van der Waals surface area contributed by atoms with E-state index in [4.69, 9.17) is 0 Å². The number of nitrogens with one attached hydrogen (secondary N) is 1. The van der Waals surface area contributed by atoms with E-state index in [1.165, 1.54) is 19.3 Å². The van der Waals surface area contributed by atoms with Gasteiger partial charge in [0.1, 0.15) is 0 Å². The Bertz CT molecular complexity index is 428. The standard InChI is InChI=1S/C14H19BrN2O/c1-11-7-12(9-16-8-11)13(18)17-14(10-15)5-3-2-4-6-14/h7-9H,2-6,10H2,1H3,(H,17,18). The lowest BCUT2D eigenvalue weighted by molar-refractivity contribution is 0.0886. The number of aryl methyl sites for hydroxylation is 1. The van der Waals surface area contributed by atoms with Crippen LogP contribution in [-0.2, 0) is 0 Å². The van der Waals surface area contributed by atoms with Crippen LogP contribution in [0.1, 0.15) is 48.0 Å². The maximum absolute atomic E-state index is 12.3. The molecule has 1 aromatic heterocycles. The predicted octanol–water partition coefficient (Wildman–Crippen LogP) is 3.22. The van der Waals surface area contributed by atoms with Crippen LogP contribution in [0.25, 0.3) is 0 Å². The van der Waals surface area contributed by atoms with E-state index in [1.54, 1.807) is 12.4 Å². The number of rotatable bonds is 3. The van der Waals surface area contributed by atoms with Gasteiger partial charge in [0.05, 0.1) is 11.1 Å². The van der Waals surface area contributed by atoms with Gasteiger partial charge in [-0.15, -0.1) is 0 Å². The molecule has 18 heavy (non-hydrogen) atoms.